The zero-order valence-corrected chi connectivity index (χ0v) is 72.7. The standard InChI is InChI=1S/C41H26N4OS.C39H26N4O.C34H23N5O/c1-41(2)30-22-23(17-18-24(30)26-19-20-33-35(36(26)41)28-11-3-5-15-32(28)46-33)38-43-39(45-40(44-38)31-14-7-8-21-42-31)29-13-9-12-27-25-10-4-6-16-34(25)47-37(27)29;1-39(2)33-26(27-19-20-31-32(34(27)39)28-15-8-9-18-30(28)44-31)16-10-17-29(33)37-41-36(24-12-4-3-5-13-24)42-38(43-37)35-25-14-7-6-11-23(25)21-22-40-35;1-34(2)24-19-20(13-14-21(24)22-15-16-28-29(30(22)34)23-9-3-4-12-27(23)40-28)31-37-32(25-10-5-7-17-35-25)39-33(38-31)26-11-6-8-18-36-26/h3-22H,1-2H3;3-22H,1-2H3;3-19H,1-2H3. The Morgan fingerprint density at radius 3 is 1.15 bits per heavy atom. The van der Waals surface area contributed by atoms with E-state index in [4.69, 9.17) is 63.1 Å². The van der Waals surface area contributed by atoms with Gasteiger partial charge in [-0.2, -0.15) is 0 Å². The maximum Gasteiger partial charge on any atom is 0.183 e. The van der Waals surface area contributed by atoms with Crippen LogP contribution in [0.5, 0.6) is 0 Å². The molecule has 0 fully saturated rings. The topological polar surface area (TPSA) is 207 Å². The number of hydrogen-bond donors (Lipinski definition) is 0. The summed E-state index contributed by atoms with van der Waals surface area (Å²) in [5.41, 5.74) is 27.1. The second kappa shape index (κ2) is 29.7. The summed E-state index contributed by atoms with van der Waals surface area (Å²) >= 11 is 1.77. The molecule has 0 saturated heterocycles. The molecule has 13 aromatic carbocycles. The Labute approximate surface area is 755 Å². The van der Waals surface area contributed by atoms with Crippen molar-refractivity contribution in [2.75, 3.05) is 0 Å². The summed E-state index contributed by atoms with van der Waals surface area (Å²) in [6.45, 7) is 13.8. The zero-order valence-electron chi connectivity index (χ0n) is 71.9. The molecular formula is C114H75N13O3S. The molecule has 11 aromatic heterocycles. The van der Waals surface area contributed by atoms with Crippen LogP contribution in [-0.2, 0) is 16.2 Å². The van der Waals surface area contributed by atoms with Crippen LogP contribution >= 0.6 is 11.3 Å². The van der Waals surface area contributed by atoms with Gasteiger partial charge in [-0.15, -0.1) is 11.3 Å². The van der Waals surface area contributed by atoms with Gasteiger partial charge in [0.2, 0.25) is 0 Å². The molecular weight excluding hydrogens is 1630 g/mol. The summed E-state index contributed by atoms with van der Waals surface area (Å²) < 4.78 is 21.2. The van der Waals surface area contributed by atoms with E-state index in [1.807, 2.05) is 146 Å². The largest absolute Gasteiger partial charge is 0.456 e. The lowest BCUT2D eigenvalue weighted by molar-refractivity contribution is 0.657. The van der Waals surface area contributed by atoms with Gasteiger partial charge in [-0.1, -0.05) is 260 Å². The predicted molar refractivity (Wildman–Crippen MR) is 525 cm³/mol. The monoisotopic (exact) mass is 1710 g/mol. The van der Waals surface area contributed by atoms with Crippen molar-refractivity contribution < 1.29 is 13.3 Å². The number of furan rings is 3. The summed E-state index contributed by atoms with van der Waals surface area (Å²) in [5.74, 6) is 5.25. The summed E-state index contributed by atoms with van der Waals surface area (Å²) in [5, 5.41) is 11.5. The molecule has 17 heteroatoms. The van der Waals surface area contributed by atoms with E-state index in [1.165, 1.54) is 103 Å². The summed E-state index contributed by atoms with van der Waals surface area (Å²) in [6.07, 6.45) is 7.09. The molecule has 620 valence electrons. The Bertz CT molecular complexity index is 8790. The first-order valence-electron chi connectivity index (χ1n) is 43.8. The Morgan fingerprint density at radius 1 is 0.229 bits per heavy atom. The number of benzene rings is 13. The van der Waals surface area contributed by atoms with Crippen LogP contribution in [0.3, 0.4) is 0 Å². The van der Waals surface area contributed by atoms with Crippen molar-refractivity contribution in [2.24, 2.45) is 0 Å². The van der Waals surface area contributed by atoms with E-state index in [9.17, 15) is 0 Å². The highest BCUT2D eigenvalue weighted by molar-refractivity contribution is 7.26. The maximum absolute atomic E-state index is 6.31. The fraction of sp³-hybridized carbons (Fsp3) is 0.0789. The van der Waals surface area contributed by atoms with E-state index in [0.717, 1.165) is 93.9 Å². The molecule has 131 heavy (non-hydrogen) atoms. The minimum absolute atomic E-state index is 0.256. The van der Waals surface area contributed by atoms with Crippen molar-refractivity contribution in [2.45, 2.75) is 57.8 Å². The van der Waals surface area contributed by atoms with Crippen LogP contribution in [0.4, 0.5) is 0 Å². The first kappa shape index (κ1) is 76.8. The third kappa shape index (κ3) is 12.4. The van der Waals surface area contributed by atoms with Crippen molar-refractivity contribution in [1.82, 2.24) is 64.8 Å². The molecule has 24 aromatic rings. The van der Waals surface area contributed by atoms with Crippen LogP contribution in [0.2, 0.25) is 0 Å². The van der Waals surface area contributed by atoms with Gasteiger partial charge in [-0.05, 0) is 175 Å². The molecule has 0 unspecified atom stereocenters. The van der Waals surface area contributed by atoms with Gasteiger partial charge in [0.05, 0.1) is 0 Å². The van der Waals surface area contributed by atoms with Crippen LogP contribution in [0, 0.1) is 0 Å². The normalized spacial score (nSPS) is 13.5. The van der Waals surface area contributed by atoms with Gasteiger partial charge in [0, 0.05) is 127 Å². The highest BCUT2D eigenvalue weighted by Gasteiger charge is 2.43. The Morgan fingerprint density at radius 2 is 0.611 bits per heavy atom. The maximum atomic E-state index is 6.31. The van der Waals surface area contributed by atoms with E-state index in [2.05, 4.69) is 238 Å². The van der Waals surface area contributed by atoms with Gasteiger partial charge in [-0.25, -0.2) is 44.9 Å². The Hall–Kier alpha value is -16.6. The van der Waals surface area contributed by atoms with Gasteiger partial charge in [-0.3, -0.25) is 19.9 Å². The number of nitrogens with zero attached hydrogens (tertiary/aromatic N) is 13. The predicted octanol–water partition coefficient (Wildman–Crippen LogP) is 28.3. The lowest BCUT2D eigenvalue weighted by atomic mass is 9.78. The molecule has 16 nitrogen and oxygen atoms in total. The van der Waals surface area contributed by atoms with E-state index in [0.29, 0.717) is 69.5 Å². The number of para-hydroxylation sites is 3. The molecule has 3 aliphatic carbocycles. The average Bonchev–Trinajstić information content (AvgIpc) is 1.55. The SMILES string of the molecule is CC1(C)c2c(-c3nc(-c4ccccc4)nc(-c4nccc5ccccc45)n3)cccc2-c2ccc3oc4ccccc4c3c21.CC1(C)c2cc(-c3nc(-c4ccccn4)nc(-c4cccc5c4sc4ccccc45)n3)ccc2-c2ccc3oc4ccccc4c3c21.CC1(C)c2cc(-c3nc(-c4ccccn4)nc(-c4ccccn4)n3)ccc2-c2ccc3oc4ccccc4c3c21. The lowest BCUT2D eigenvalue weighted by Crippen LogP contribution is -2.17. The number of pyridine rings is 4. The van der Waals surface area contributed by atoms with Gasteiger partial charge >= 0.3 is 0 Å². The number of thiophene rings is 1. The van der Waals surface area contributed by atoms with Crippen LogP contribution in [-0.4, -0.2) is 64.8 Å². The highest BCUT2D eigenvalue weighted by atomic mass is 32.1. The minimum Gasteiger partial charge on any atom is -0.456 e. The smallest absolute Gasteiger partial charge is 0.183 e. The number of aromatic nitrogens is 13. The molecule has 11 heterocycles. The molecule has 0 atom stereocenters. The third-order valence-corrected chi connectivity index (χ3v) is 27.6. The van der Waals surface area contributed by atoms with E-state index >= 15 is 0 Å². The summed E-state index contributed by atoms with van der Waals surface area (Å²) in [7, 11) is 0. The average molecular weight is 1710 g/mol. The first-order valence-corrected chi connectivity index (χ1v) is 44.6. The molecule has 0 bridgehead atoms. The van der Waals surface area contributed by atoms with Gasteiger partial charge in [0.25, 0.3) is 0 Å². The molecule has 0 spiro atoms. The summed E-state index contributed by atoms with van der Waals surface area (Å²) in [6, 6.07) is 110. The lowest BCUT2D eigenvalue weighted by Gasteiger charge is -2.24. The fourth-order valence-electron chi connectivity index (χ4n) is 20.5. The van der Waals surface area contributed by atoms with Crippen molar-refractivity contribution >= 4 is 108 Å². The molecule has 3 aliphatic rings. The minimum atomic E-state index is -0.342. The molecule has 0 N–H and O–H groups in total. The molecule has 27 rings (SSSR count). The van der Waals surface area contributed by atoms with Crippen LogP contribution in [0.15, 0.2) is 360 Å². The van der Waals surface area contributed by atoms with Crippen LogP contribution < -0.4 is 0 Å². The van der Waals surface area contributed by atoms with E-state index in [1.54, 1.807) is 29.9 Å². The van der Waals surface area contributed by atoms with Crippen LogP contribution in [0.1, 0.15) is 74.9 Å². The molecule has 0 radical (unpaired) electrons. The Balaban J connectivity index is 0.000000106. The van der Waals surface area contributed by atoms with Gasteiger partial charge in [0.1, 0.15) is 56.3 Å². The Kier molecular flexibility index (Phi) is 17.4. The van der Waals surface area contributed by atoms with Gasteiger partial charge < -0.3 is 13.3 Å². The summed E-state index contributed by atoms with van der Waals surface area (Å²) in [4.78, 5) is 63.3. The van der Waals surface area contributed by atoms with E-state index in [-0.39, 0.29) is 16.2 Å². The van der Waals surface area contributed by atoms with Crippen molar-refractivity contribution in [3.63, 3.8) is 0 Å². The van der Waals surface area contributed by atoms with Crippen molar-refractivity contribution in [3.8, 4) is 136 Å². The second-order valence-corrected chi connectivity index (χ2v) is 36.1. The molecule has 0 amide bonds. The molecule has 0 saturated carbocycles. The van der Waals surface area contributed by atoms with Crippen molar-refractivity contribution in [1.29, 1.82) is 0 Å². The third-order valence-electron chi connectivity index (χ3n) is 26.4. The highest BCUT2D eigenvalue weighted by Crippen LogP contribution is 2.59. The second-order valence-electron chi connectivity index (χ2n) is 35.1. The van der Waals surface area contributed by atoms with E-state index < -0.39 is 0 Å². The number of fused-ring (bicyclic) bond motifs is 25. The number of rotatable bonds is 9. The van der Waals surface area contributed by atoms with Crippen LogP contribution in [0.25, 0.3) is 233 Å². The molecule has 0 aliphatic heterocycles. The number of hydrogen-bond acceptors (Lipinski definition) is 17. The van der Waals surface area contributed by atoms with Gasteiger partial charge in [0.15, 0.2) is 52.4 Å². The fourth-order valence-corrected chi connectivity index (χ4v) is 21.7. The zero-order chi connectivity index (χ0) is 87.5. The first-order chi connectivity index (χ1) is 64.2. The van der Waals surface area contributed by atoms with Crippen molar-refractivity contribution in [3.05, 3.63) is 380 Å². The quantitative estimate of drug-likeness (QED) is 0.132.